The van der Waals surface area contributed by atoms with Crippen molar-refractivity contribution < 1.29 is 4.39 Å². The van der Waals surface area contributed by atoms with Crippen LogP contribution in [0.25, 0.3) is 0 Å². The van der Waals surface area contributed by atoms with Gasteiger partial charge in [0.1, 0.15) is 5.82 Å². The van der Waals surface area contributed by atoms with Crippen LogP contribution in [0.1, 0.15) is 29.0 Å². The van der Waals surface area contributed by atoms with E-state index in [-0.39, 0.29) is 11.7 Å². The summed E-state index contributed by atoms with van der Waals surface area (Å²) in [5.41, 5.74) is 4.76. The molecule has 0 heterocycles. The molecule has 28 heavy (non-hydrogen) atoms. The van der Waals surface area contributed by atoms with E-state index in [0.29, 0.717) is 0 Å². The predicted octanol–water partition coefficient (Wildman–Crippen LogP) is 5.86. The van der Waals surface area contributed by atoms with E-state index in [1.165, 1.54) is 28.9 Å². The molecule has 0 bridgehead atoms. The molecule has 0 aromatic heterocycles. The fourth-order valence-electron chi connectivity index (χ4n) is 3.31. The van der Waals surface area contributed by atoms with Crippen LogP contribution >= 0.6 is 11.6 Å². The number of halogens is 2. The standard InChI is InChI=1S/C24H26ClFN2/c1-28(2)23-13-3-18(4-14-23)17-27-16-15-24(19-5-9-21(25)10-6-19)20-7-11-22(26)12-8-20/h3-14,24,27H,15-17H2,1-2H3/t24-/m1/s1. The fourth-order valence-corrected chi connectivity index (χ4v) is 3.43. The van der Waals surface area contributed by atoms with Gasteiger partial charge in [0.25, 0.3) is 0 Å². The lowest BCUT2D eigenvalue weighted by Gasteiger charge is -2.19. The van der Waals surface area contributed by atoms with Gasteiger partial charge in [-0.2, -0.15) is 0 Å². The van der Waals surface area contributed by atoms with Crippen LogP contribution in [0.5, 0.6) is 0 Å². The van der Waals surface area contributed by atoms with Crippen LogP contribution in [-0.2, 0) is 6.54 Å². The smallest absolute Gasteiger partial charge is 0.123 e. The molecule has 0 amide bonds. The van der Waals surface area contributed by atoms with Gasteiger partial charge in [0, 0.05) is 37.3 Å². The largest absolute Gasteiger partial charge is 0.378 e. The molecular weight excluding hydrogens is 371 g/mol. The zero-order valence-electron chi connectivity index (χ0n) is 16.3. The van der Waals surface area contributed by atoms with Gasteiger partial charge in [-0.25, -0.2) is 4.39 Å². The first-order chi connectivity index (χ1) is 13.5. The normalized spacial score (nSPS) is 12.0. The summed E-state index contributed by atoms with van der Waals surface area (Å²) in [5.74, 6) is -0.0145. The van der Waals surface area contributed by atoms with Crippen LogP contribution < -0.4 is 10.2 Å². The summed E-state index contributed by atoms with van der Waals surface area (Å²) in [6.45, 7) is 1.69. The molecule has 0 radical (unpaired) electrons. The SMILES string of the molecule is CN(C)c1ccc(CNCC[C@@H](c2ccc(F)cc2)c2ccc(Cl)cc2)cc1. The third-order valence-corrected chi connectivity index (χ3v) is 5.19. The molecule has 0 spiro atoms. The van der Waals surface area contributed by atoms with Crippen molar-refractivity contribution in [2.24, 2.45) is 0 Å². The van der Waals surface area contributed by atoms with Crippen LogP contribution in [0.15, 0.2) is 72.8 Å². The predicted molar refractivity (Wildman–Crippen MR) is 117 cm³/mol. The maximum atomic E-state index is 13.3. The highest BCUT2D eigenvalue weighted by Crippen LogP contribution is 2.29. The summed E-state index contributed by atoms with van der Waals surface area (Å²) in [6, 6.07) is 23.3. The average Bonchev–Trinajstić information content (AvgIpc) is 2.70. The highest BCUT2D eigenvalue weighted by Gasteiger charge is 2.14. The molecule has 0 aliphatic heterocycles. The van der Waals surface area contributed by atoms with E-state index < -0.39 is 0 Å². The molecule has 2 nitrogen and oxygen atoms in total. The number of nitrogens with one attached hydrogen (secondary N) is 1. The summed E-state index contributed by atoms with van der Waals surface area (Å²) >= 11 is 6.04. The van der Waals surface area contributed by atoms with E-state index in [0.717, 1.165) is 30.1 Å². The molecule has 1 N–H and O–H groups in total. The van der Waals surface area contributed by atoms with Gasteiger partial charge < -0.3 is 10.2 Å². The Morgan fingerprint density at radius 3 is 2.00 bits per heavy atom. The van der Waals surface area contributed by atoms with E-state index >= 15 is 0 Å². The van der Waals surface area contributed by atoms with Gasteiger partial charge in [0.2, 0.25) is 0 Å². The molecular formula is C24H26ClFN2. The lowest BCUT2D eigenvalue weighted by atomic mass is 9.88. The van der Waals surface area contributed by atoms with Crippen LogP contribution in [0, 0.1) is 5.82 Å². The molecule has 0 saturated heterocycles. The number of anilines is 1. The van der Waals surface area contributed by atoms with Gasteiger partial charge in [-0.05, 0) is 66.1 Å². The van der Waals surface area contributed by atoms with E-state index in [4.69, 9.17) is 11.6 Å². The maximum absolute atomic E-state index is 13.3. The lowest BCUT2D eigenvalue weighted by Crippen LogP contribution is -2.18. The minimum Gasteiger partial charge on any atom is -0.378 e. The molecule has 3 rings (SSSR count). The summed E-state index contributed by atoms with van der Waals surface area (Å²) in [4.78, 5) is 2.09. The third kappa shape index (κ3) is 5.57. The minimum absolute atomic E-state index is 0.196. The van der Waals surface area contributed by atoms with Gasteiger partial charge in [-0.3, -0.25) is 0 Å². The first-order valence-electron chi connectivity index (χ1n) is 9.51. The second-order valence-corrected chi connectivity index (χ2v) is 7.62. The van der Waals surface area contributed by atoms with Crippen molar-refractivity contribution in [1.82, 2.24) is 5.32 Å². The quantitative estimate of drug-likeness (QED) is 0.480. The van der Waals surface area contributed by atoms with Crippen molar-refractivity contribution in [3.05, 3.63) is 100 Å². The molecule has 146 valence electrons. The minimum atomic E-state index is -0.210. The van der Waals surface area contributed by atoms with Crippen molar-refractivity contribution in [3.8, 4) is 0 Å². The van der Waals surface area contributed by atoms with Crippen LogP contribution in [0.4, 0.5) is 10.1 Å². The molecule has 0 aliphatic carbocycles. The van der Waals surface area contributed by atoms with Gasteiger partial charge >= 0.3 is 0 Å². The van der Waals surface area contributed by atoms with E-state index in [9.17, 15) is 4.39 Å². The summed E-state index contributed by atoms with van der Waals surface area (Å²) in [5, 5.41) is 4.25. The molecule has 0 fully saturated rings. The number of nitrogens with zero attached hydrogens (tertiary/aromatic N) is 1. The van der Waals surface area contributed by atoms with Crippen LogP contribution in [0.2, 0.25) is 5.02 Å². The zero-order valence-corrected chi connectivity index (χ0v) is 17.1. The Kier molecular flexibility index (Phi) is 7.07. The molecule has 3 aromatic carbocycles. The molecule has 3 aromatic rings. The van der Waals surface area contributed by atoms with E-state index in [1.807, 2.05) is 38.4 Å². The zero-order chi connectivity index (χ0) is 19.9. The molecule has 0 saturated carbocycles. The number of hydrogen-bond acceptors (Lipinski definition) is 2. The Labute approximate surface area is 172 Å². The monoisotopic (exact) mass is 396 g/mol. The fraction of sp³-hybridized carbons (Fsp3) is 0.250. The average molecular weight is 397 g/mol. The number of hydrogen-bond donors (Lipinski definition) is 1. The number of benzene rings is 3. The van der Waals surface area contributed by atoms with E-state index in [2.05, 4.69) is 46.6 Å². The second-order valence-electron chi connectivity index (χ2n) is 7.18. The second kappa shape index (κ2) is 9.72. The van der Waals surface area contributed by atoms with Crippen LogP contribution in [0.3, 0.4) is 0 Å². The topological polar surface area (TPSA) is 15.3 Å². The van der Waals surface area contributed by atoms with Crippen molar-refractivity contribution in [2.75, 3.05) is 25.5 Å². The van der Waals surface area contributed by atoms with Crippen LogP contribution in [-0.4, -0.2) is 20.6 Å². The maximum Gasteiger partial charge on any atom is 0.123 e. The number of rotatable bonds is 8. The van der Waals surface area contributed by atoms with Crippen molar-refractivity contribution >= 4 is 17.3 Å². The van der Waals surface area contributed by atoms with Crippen molar-refractivity contribution in [1.29, 1.82) is 0 Å². The summed E-state index contributed by atoms with van der Waals surface area (Å²) in [6.07, 6.45) is 0.920. The highest BCUT2D eigenvalue weighted by atomic mass is 35.5. The Morgan fingerprint density at radius 2 is 1.43 bits per heavy atom. The van der Waals surface area contributed by atoms with Gasteiger partial charge in [0.05, 0.1) is 0 Å². The summed E-state index contributed by atoms with van der Waals surface area (Å²) < 4.78 is 13.3. The summed E-state index contributed by atoms with van der Waals surface area (Å²) in [7, 11) is 4.08. The third-order valence-electron chi connectivity index (χ3n) is 4.94. The van der Waals surface area contributed by atoms with Gasteiger partial charge in [-0.15, -0.1) is 0 Å². The van der Waals surface area contributed by atoms with Crippen molar-refractivity contribution in [2.45, 2.75) is 18.9 Å². The van der Waals surface area contributed by atoms with Gasteiger partial charge in [-0.1, -0.05) is 48.0 Å². The highest BCUT2D eigenvalue weighted by molar-refractivity contribution is 6.30. The molecule has 1 atom stereocenters. The molecule has 0 aliphatic rings. The Balaban J connectivity index is 1.63. The van der Waals surface area contributed by atoms with Gasteiger partial charge in [0.15, 0.2) is 0 Å². The first-order valence-corrected chi connectivity index (χ1v) is 9.88. The molecule has 4 heteroatoms. The first kappa shape index (κ1) is 20.4. The van der Waals surface area contributed by atoms with E-state index in [1.54, 1.807) is 0 Å². The Bertz CT molecular complexity index is 813. The van der Waals surface area contributed by atoms with Crippen molar-refractivity contribution in [3.63, 3.8) is 0 Å². The molecule has 0 unspecified atom stereocenters. The Morgan fingerprint density at radius 1 is 0.857 bits per heavy atom. The Hall–Kier alpha value is -2.36. The lowest BCUT2D eigenvalue weighted by molar-refractivity contribution is 0.606.